The second-order valence-corrected chi connectivity index (χ2v) is 1.96. The Labute approximate surface area is 62.6 Å². The number of hydrogen-bond donors (Lipinski definition) is 0. The number of hydrogen-bond acceptors (Lipinski definition) is 0. The van der Waals surface area contributed by atoms with Crippen LogP contribution >= 0.6 is 0 Å². The fraction of sp³-hybridized carbons (Fsp3) is 1.00. The van der Waals surface area contributed by atoms with Crippen LogP contribution in [-0.4, -0.2) is 5.92 Å². The van der Waals surface area contributed by atoms with Crippen LogP contribution < -0.4 is 0 Å². The van der Waals surface area contributed by atoms with Crippen LogP contribution in [0.25, 0.3) is 0 Å². The topological polar surface area (TPSA) is 0 Å². The van der Waals surface area contributed by atoms with E-state index in [0.29, 0.717) is 6.42 Å². The van der Waals surface area contributed by atoms with Crippen molar-refractivity contribution in [2.45, 2.75) is 52.9 Å². The Balaban J connectivity index is 0. The minimum atomic E-state index is -2.41. The third-order valence-electron chi connectivity index (χ3n) is 1.13. The Bertz CT molecular complexity index is 60.3. The number of rotatable bonds is 3. The summed E-state index contributed by atoms with van der Waals surface area (Å²) < 4.78 is 24.3. The van der Waals surface area contributed by atoms with Gasteiger partial charge in [-0.05, 0) is 0 Å². The lowest BCUT2D eigenvalue weighted by atomic mass is 10.1. The maximum Gasteiger partial charge on any atom is 0.247 e. The molecule has 0 amide bonds. The fourth-order valence-electron chi connectivity index (χ4n) is 0.543. The number of halogens is 2. The van der Waals surface area contributed by atoms with Gasteiger partial charge in [-0.2, -0.15) is 0 Å². The molecule has 0 aliphatic heterocycles. The van der Waals surface area contributed by atoms with Gasteiger partial charge in [-0.1, -0.05) is 34.1 Å². The van der Waals surface area contributed by atoms with Gasteiger partial charge < -0.3 is 0 Å². The third-order valence-corrected chi connectivity index (χ3v) is 1.13. The maximum absolute atomic E-state index is 12.2. The summed E-state index contributed by atoms with van der Waals surface area (Å²) in [4.78, 5) is 0. The molecule has 0 bridgehead atoms. The molecule has 10 heavy (non-hydrogen) atoms. The highest BCUT2D eigenvalue weighted by molar-refractivity contribution is 4.60. The molecule has 0 saturated carbocycles. The highest BCUT2D eigenvalue weighted by atomic mass is 19.3. The molecule has 0 spiro atoms. The van der Waals surface area contributed by atoms with E-state index in [1.165, 1.54) is 6.92 Å². The predicted octanol–water partition coefficient (Wildman–Crippen LogP) is 3.86. The first kappa shape index (κ1) is 12.5. The molecule has 64 valence electrons. The summed E-state index contributed by atoms with van der Waals surface area (Å²) in [7, 11) is 0. The Hall–Kier alpha value is -0.140. The van der Waals surface area contributed by atoms with Crippen molar-refractivity contribution in [1.29, 1.82) is 0 Å². The van der Waals surface area contributed by atoms with Crippen LogP contribution in [0.15, 0.2) is 0 Å². The lowest BCUT2D eigenvalue weighted by Crippen LogP contribution is -2.12. The fourth-order valence-corrected chi connectivity index (χ4v) is 0.543. The molecule has 0 unspecified atom stereocenters. The standard InChI is InChI=1S/C6H12F2.C2H6/c1-3-5-6(7,8)4-2;1-2/h3-5H2,1-2H3;1-2H3. The van der Waals surface area contributed by atoms with Crippen LogP contribution in [0.1, 0.15) is 47.0 Å². The summed E-state index contributed by atoms with van der Waals surface area (Å²) in [6, 6.07) is 0. The van der Waals surface area contributed by atoms with Crippen LogP contribution in [-0.2, 0) is 0 Å². The number of alkyl halides is 2. The molecule has 0 aromatic heterocycles. The first-order valence-electron chi connectivity index (χ1n) is 4.00. The lowest BCUT2D eigenvalue weighted by molar-refractivity contribution is -0.0119. The van der Waals surface area contributed by atoms with Crippen molar-refractivity contribution in [2.24, 2.45) is 0 Å². The molecule has 0 aromatic carbocycles. The van der Waals surface area contributed by atoms with E-state index in [-0.39, 0.29) is 12.8 Å². The van der Waals surface area contributed by atoms with Crippen LogP contribution in [0.2, 0.25) is 0 Å². The summed E-state index contributed by atoms with van der Waals surface area (Å²) in [5, 5.41) is 0. The van der Waals surface area contributed by atoms with Crippen molar-refractivity contribution < 1.29 is 8.78 Å². The molecule has 0 nitrogen and oxygen atoms in total. The minimum absolute atomic E-state index is 0.0269. The molecular weight excluding hydrogens is 134 g/mol. The zero-order valence-corrected chi connectivity index (χ0v) is 7.38. The molecule has 0 aromatic rings. The zero-order valence-electron chi connectivity index (χ0n) is 7.38. The minimum Gasteiger partial charge on any atom is -0.207 e. The molecule has 0 aliphatic carbocycles. The van der Waals surface area contributed by atoms with Crippen LogP contribution in [0.5, 0.6) is 0 Å². The molecule has 0 N–H and O–H groups in total. The van der Waals surface area contributed by atoms with E-state index in [0.717, 1.165) is 0 Å². The highest BCUT2D eigenvalue weighted by Crippen LogP contribution is 2.23. The Morgan fingerprint density at radius 1 is 1.10 bits per heavy atom. The van der Waals surface area contributed by atoms with Gasteiger partial charge >= 0.3 is 0 Å². The van der Waals surface area contributed by atoms with Crippen molar-refractivity contribution >= 4 is 0 Å². The predicted molar refractivity (Wildman–Crippen MR) is 41.5 cm³/mol. The van der Waals surface area contributed by atoms with Crippen LogP contribution in [0.4, 0.5) is 8.78 Å². The lowest BCUT2D eigenvalue weighted by Gasteiger charge is -2.10. The largest absolute Gasteiger partial charge is 0.247 e. The zero-order chi connectivity index (χ0) is 8.62. The smallest absolute Gasteiger partial charge is 0.207 e. The van der Waals surface area contributed by atoms with Gasteiger partial charge in [0.05, 0.1) is 0 Å². The summed E-state index contributed by atoms with van der Waals surface area (Å²) in [6.07, 6.45) is 0.575. The van der Waals surface area contributed by atoms with Crippen molar-refractivity contribution in [2.75, 3.05) is 0 Å². The molecule has 0 heterocycles. The van der Waals surface area contributed by atoms with Gasteiger partial charge in [-0.25, -0.2) is 8.78 Å². The van der Waals surface area contributed by atoms with Crippen LogP contribution in [0.3, 0.4) is 0 Å². The first-order chi connectivity index (χ1) is 4.62. The van der Waals surface area contributed by atoms with Gasteiger partial charge in [-0.15, -0.1) is 0 Å². The van der Waals surface area contributed by atoms with E-state index >= 15 is 0 Å². The van der Waals surface area contributed by atoms with Crippen molar-refractivity contribution in [3.05, 3.63) is 0 Å². The molecule has 0 rings (SSSR count). The highest BCUT2D eigenvalue weighted by Gasteiger charge is 2.23. The monoisotopic (exact) mass is 152 g/mol. The van der Waals surface area contributed by atoms with E-state index in [2.05, 4.69) is 0 Å². The Morgan fingerprint density at radius 3 is 1.60 bits per heavy atom. The van der Waals surface area contributed by atoms with Gasteiger partial charge in [-0.3, -0.25) is 0 Å². The van der Waals surface area contributed by atoms with Crippen LogP contribution in [0, 0.1) is 0 Å². The Kier molecular flexibility index (Phi) is 8.74. The molecule has 0 radical (unpaired) electrons. The van der Waals surface area contributed by atoms with Crippen molar-refractivity contribution in [1.82, 2.24) is 0 Å². The Morgan fingerprint density at radius 2 is 1.50 bits per heavy atom. The van der Waals surface area contributed by atoms with Crippen molar-refractivity contribution in [3.63, 3.8) is 0 Å². The summed E-state index contributed by atoms with van der Waals surface area (Å²) in [6.45, 7) is 7.28. The molecule has 2 heteroatoms. The molecular formula is C8H18F2. The summed E-state index contributed by atoms with van der Waals surface area (Å²) >= 11 is 0. The maximum atomic E-state index is 12.2. The molecule has 0 atom stereocenters. The van der Waals surface area contributed by atoms with E-state index in [9.17, 15) is 8.78 Å². The SMILES string of the molecule is CC.CCCC(F)(F)CC. The van der Waals surface area contributed by atoms with E-state index < -0.39 is 5.92 Å². The summed E-state index contributed by atoms with van der Waals surface area (Å²) in [5.41, 5.74) is 0. The van der Waals surface area contributed by atoms with E-state index in [1.807, 2.05) is 13.8 Å². The van der Waals surface area contributed by atoms with E-state index in [1.54, 1.807) is 6.92 Å². The van der Waals surface area contributed by atoms with Gasteiger partial charge in [0.15, 0.2) is 0 Å². The van der Waals surface area contributed by atoms with Gasteiger partial charge in [0.2, 0.25) is 5.92 Å². The quantitative estimate of drug-likeness (QED) is 0.576. The second-order valence-electron chi connectivity index (χ2n) is 1.96. The average molecular weight is 152 g/mol. The molecule has 0 aliphatic rings. The van der Waals surface area contributed by atoms with Gasteiger partial charge in [0.1, 0.15) is 0 Å². The third kappa shape index (κ3) is 7.86. The average Bonchev–Trinajstić information content (AvgIpc) is 1.93. The summed E-state index contributed by atoms with van der Waals surface area (Å²) in [5.74, 6) is -2.41. The molecule has 0 saturated heterocycles. The van der Waals surface area contributed by atoms with Gasteiger partial charge in [0, 0.05) is 12.8 Å². The normalized spacial score (nSPS) is 10.2. The second kappa shape index (κ2) is 6.97. The first-order valence-corrected chi connectivity index (χ1v) is 4.00. The van der Waals surface area contributed by atoms with Gasteiger partial charge in [0.25, 0.3) is 0 Å². The van der Waals surface area contributed by atoms with E-state index in [4.69, 9.17) is 0 Å². The van der Waals surface area contributed by atoms with Crippen molar-refractivity contribution in [3.8, 4) is 0 Å². The molecule has 0 fully saturated rings.